The van der Waals surface area contributed by atoms with E-state index < -0.39 is 0 Å². The molecule has 0 unspecified atom stereocenters. The smallest absolute Gasteiger partial charge is 0.143 e. The van der Waals surface area contributed by atoms with Crippen LogP contribution in [-0.4, -0.2) is 19.9 Å². The summed E-state index contributed by atoms with van der Waals surface area (Å²) in [6, 6.07) is 3.89. The van der Waals surface area contributed by atoms with Crippen LogP contribution in [-0.2, 0) is 0 Å². The second-order valence-corrected chi connectivity index (χ2v) is 5.41. The molecule has 0 saturated heterocycles. The number of hydrogen-bond acceptors (Lipinski definition) is 6. The van der Waals surface area contributed by atoms with Crippen molar-refractivity contribution >= 4 is 43.2 Å². The SMILES string of the molecule is c1cc2ncsc2c(-c2ccnc3scnc23)n1. The van der Waals surface area contributed by atoms with E-state index >= 15 is 0 Å². The highest BCUT2D eigenvalue weighted by atomic mass is 32.1. The van der Waals surface area contributed by atoms with Gasteiger partial charge >= 0.3 is 0 Å². The van der Waals surface area contributed by atoms with Gasteiger partial charge in [-0.1, -0.05) is 0 Å². The average molecular weight is 270 g/mol. The minimum Gasteiger partial charge on any atom is -0.255 e. The summed E-state index contributed by atoms with van der Waals surface area (Å²) in [5.74, 6) is 0. The molecule has 86 valence electrons. The van der Waals surface area contributed by atoms with Crippen LogP contribution in [0, 0.1) is 0 Å². The van der Waals surface area contributed by atoms with Crippen molar-refractivity contribution in [2.75, 3.05) is 0 Å². The molecule has 0 fully saturated rings. The van der Waals surface area contributed by atoms with Crippen molar-refractivity contribution in [2.45, 2.75) is 0 Å². The number of thiazole rings is 2. The molecule has 18 heavy (non-hydrogen) atoms. The zero-order valence-corrected chi connectivity index (χ0v) is 10.7. The first-order chi connectivity index (χ1) is 8.93. The summed E-state index contributed by atoms with van der Waals surface area (Å²) >= 11 is 3.14. The normalized spacial score (nSPS) is 11.3. The number of nitrogens with zero attached hydrogens (tertiary/aromatic N) is 4. The summed E-state index contributed by atoms with van der Waals surface area (Å²) in [6.45, 7) is 0. The van der Waals surface area contributed by atoms with Crippen LogP contribution in [0.4, 0.5) is 0 Å². The molecule has 0 radical (unpaired) electrons. The molecule has 4 heterocycles. The Bertz CT molecular complexity index is 777. The molecule has 0 amide bonds. The Hall–Kier alpha value is -1.92. The lowest BCUT2D eigenvalue weighted by atomic mass is 10.1. The largest absolute Gasteiger partial charge is 0.255 e. The predicted molar refractivity (Wildman–Crippen MR) is 73.8 cm³/mol. The van der Waals surface area contributed by atoms with Gasteiger partial charge < -0.3 is 0 Å². The Morgan fingerprint density at radius 1 is 0.833 bits per heavy atom. The van der Waals surface area contributed by atoms with Crippen molar-refractivity contribution in [3.63, 3.8) is 0 Å². The van der Waals surface area contributed by atoms with Gasteiger partial charge in [0.1, 0.15) is 10.3 Å². The Kier molecular flexibility index (Phi) is 2.12. The Labute approximate surface area is 110 Å². The van der Waals surface area contributed by atoms with Gasteiger partial charge in [0.15, 0.2) is 0 Å². The highest BCUT2D eigenvalue weighted by Gasteiger charge is 2.12. The fourth-order valence-electron chi connectivity index (χ4n) is 1.95. The van der Waals surface area contributed by atoms with Gasteiger partial charge in [0, 0.05) is 18.0 Å². The quantitative estimate of drug-likeness (QED) is 0.532. The second kappa shape index (κ2) is 3.79. The van der Waals surface area contributed by atoms with Gasteiger partial charge in [-0.2, -0.15) is 0 Å². The fraction of sp³-hybridized carbons (Fsp3) is 0. The van der Waals surface area contributed by atoms with Crippen molar-refractivity contribution in [3.8, 4) is 11.3 Å². The van der Waals surface area contributed by atoms with E-state index in [9.17, 15) is 0 Å². The maximum atomic E-state index is 4.49. The zero-order chi connectivity index (χ0) is 11.9. The molecule has 0 saturated carbocycles. The number of pyridine rings is 2. The van der Waals surface area contributed by atoms with Gasteiger partial charge in [0.2, 0.25) is 0 Å². The fourth-order valence-corrected chi connectivity index (χ4v) is 3.39. The lowest BCUT2D eigenvalue weighted by Crippen LogP contribution is -1.86. The molecule has 0 bridgehead atoms. The molecule has 4 nitrogen and oxygen atoms in total. The van der Waals surface area contributed by atoms with E-state index in [1.54, 1.807) is 35.1 Å². The molecule has 4 aromatic heterocycles. The Balaban J connectivity index is 2.13. The van der Waals surface area contributed by atoms with Crippen LogP contribution in [0.1, 0.15) is 0 Å². The molecule has 0 aromatic carbocycles. The predicted octanol–water partition coefficient (Wildman–Crippen LogP) is 3.36. The van der Waals surface area contributed by atoms with Gasteiger partial charge in [0.25, 0.3) is 0 Å². The summed E-state index contributed by atoms with van der Waals surface area (Å²) in [6.07, 6.45) is 3.59. The molecule has 0 aliphatic carbocycles. The molecular formula is C12H6N4S2. The molecule has 6 heteroatoms. The zero-order valence-electron chi connectivity index (χ0n) is 9.07. The third kappa shape index (κ3) is 1.36. The van der Waals surface area contributed by atoms with Crippen LogP contribution in [0.15, 0.2) is 35.5 Å². The van der Waals surface area contributed by atoms with Crippen LogP contribution in [0.5, 0.6) is 0 Å². The molecule has 0 aliphatic heterocycles. The maximum Gasteiger partial charge on any atom is 0.143 e. The van der Waals surface area contributed by atoms with E-state index in [4.69, 9.17) is 0 Å². The molecule has 0 spiro atoms. The monoisotopic (exact) mass is 270 g/mol. The topological polar surface area (TPSA) is 51.6 Å². The van der Waals surface area contributed by atoms with Gasteiger partial charge in [-0.15, -0.1) is 22.7 Å². The number of rotatable bonds is 1. The van der Waals surface area contributed by atoms with E-state index in [0.29, 0.717) is 0 Å². The van der Waals surface area contributed by atoms with Gasteiger partial charge in [0.05, 0.1) is 26.9 Å². The molecule has 4 aromatic rings. The first-order valence-corrected chi connectivity index (χ1v) is 7.06. The maximum absolute atomic E-state index is 4.49. The van der Waals surface area contributed by atoms with E-state index in [0.717, 1.165) is 31.8 Å². The van der Waals surface area contributed by atoms with Crippen molar-refractivity contribution < 1.29 is 0 Å². The third-order valence-corrected chi connectivity index (χ3v) is 4.32. The first kappa shape index (κ1) is 10.0. The first-order valence-electron chi connectivity index (χ1n) is 5.30. The van der Waals surface area contributed by atoms with Crippen LogP contribution in [0.25, 0.3) is 31.8 Å². The average Bonchev–Trinajstić information content (AvgIpc) is 3.06. The van der Waals surface area contributed by atoms with E-state index in [1.165, 1.54) is 0 Å². The number of hydrogen-bond donors (Lipinski definition) is 0. The van der Waals surface area contributed by atoms with Gasteiger partial charge in [-0.25, -0.2) is 15.0 Å². The Morgan fingerprint density at radius 3 is 2.72 bits per heavy atom. The summed E-state index contributed by atoms with van der Waals surface area (Å²) in [7, 11) is 0. The van der Waals surface area contributed by atoms with Crippen molar-refractivity contribution in [2.24, 2.45) is 0 Å². The van der Waals surface area contributed by atoms with Crippen LogP contribution in [0.3, 0.4) is 0 Å². The van der Waals surface area contributed by atoms with E-state index in [-0.39, 0.29) is 0 Å². The van der Waals surface area contributed by atoms with Crippen molar-refractivity contribution in [3.05, 3.63) is 35.5 Å². The minimum atomic E-state index is 0.913. The van der Waals surface area contributed by atoms with Gasteiger partial charge in [-0.3, -0.25) is 4.98 Å². The molecule has 0 N–H and O–H groups in total. The highest BCUT2D eigenvalue weighted by molar-refractivity contribution is 7.17. The lowest BCUT2D eigenvalue weighted by molar-refractivity contribution is 1.33. The van der Waals surface area contributed by atoms with Crippen molar-refractivity contribution in [1.82, 2.24) is 19.9 Å². The number of aromatic nitrogens is 4. The minimum absolute atomic E-state index is 0.913. The number of fused-ring (bicyclic) bond motifs is 2. The van der Waals surface area contributed by atoms with Crippen LogP contribution >= 0.6 is 22.7 Å². The molecule has 0 atom stereocenters. The molecular weight excluding hydrogens is 264 g/mol. The van der Waals surface area contributed by atoms with Crippen LogP contribution < -0.4 is 0 Å². The second-order valence-electron chi connectivity index (χ2n) is 3.72. The van der Waals surface area contributed by atoms with E-state index in [1.807, 2.05) is 23.2 Å². The van der Waals surface area contributed by atoms with Gasteiger partial charge in [-0.05, 0) is 12.1 Å². The molecule has 0 aliphatic rings. The summed E-state index contributed by atoms with van der Waals surface area (Å²) in [5.41, 5.74) is 7.51. The van der Waals surface area contributed by atoms with E-state index in [2.05, 4.69) is 19.9 Å². The summed E-state index contributed by atoms with van der Waals surface area (Å²) in [5, 5.41) is 0. The summed E-state index contributed by atoms with van der Waals surface area (Å²) < 4.78 is 1.10. The van der Waals surface area contributed by atoms with Crippen molar-refractivity contribution in [1.29, 1.82) is 0 Å². The van der Waals surface area contributed by atoms with Crippen LogP contribution in [0.2, 0.25) is 0 Å². The standard InChI is InChI=1S/C12H6N4S2/c1-3-14-12-10(16-6-18-12)7(1)9-11-8(2-4-13-9)15-5-17-11/h1-6H. The Morgan fingerprint density at radius 2 is 1.72 bits per heavy atom. The molecule has 4 rings (SSSR count). The third-order valence-electron chi connectivity index (χ3n) is 2.74. The summed E-state index contributed by atoms with van der Waals surface area (Å²) in [4.78, 5) is 18.4. The highest BCUT2D eigenvalue weighted by Crippen LogP contribution is 2.33. The lowest BCUT2D eigenvalue weighted by Gasteiger charge is -2.02.